The number of carbonyl (C=O) groups is 1. The summed E-state index contributed by atoms with van der Waals surface area (Å²) in [5, 5.41) is 11.9. The fourth-order valence-corrected chi connectivity index (χ4v) is 4.16. The maximum absolute atomic E-state index is 11.9. The number of alkyl carbamates (subject to hydrolysis) is 1. The lowest BCUT2D eigenvalue weighted by atomic mass is 9.78. The Hall–Kier alpha value is -4.05. The van der Waals surface area contributed by atoms with Crippen LogP contribution >= 0.6 is 0 Å². The maximum Gasteiger partial charge on any atom is 0.407 e. The van der Waals surface area contributed by atoms with E-state index >= 15 is 0 Å². The van der Waals surface area contributed by atoms with E-state index in [1.54, 1.807) is 18.2 Å². The molecule has 1 aliphatic carbocycles. The number of nitrogens with one attached hydrogen (secondary N) is 1. The molecular weight excluding hydrogens is 466 g/mol. The van der Waals surface area contributed by atoms with Crippen LogP contribution in [0.1, 0.15) is 64.3 Å². The van der Waals surface area contributed by atoms with Gasteiger partial charge in [0.1, 0.15) is 35.0 Å². The number of rotatable bonds is 7. The molecule has 1 saturated carbocycles. The lowest BCUT2D eigenvalue weighted by Crippen LogP contribution is -2.50. The summed E-state index contributed by atoms with van der Waals surface area (Å²) >= 11 is 0. The highest BCUT2D eigenvalue weighted by atomic mass is 16.6. The second kappa shape index (κ2) is 10.5. The van der Waals surface area contributed by atoms with E-state index < -0.39 is 5.60 Å². The number of nitrogens with zero attached hydrogens (tertiary/aromatic N) is 2. The van der Waals surface area contributed by atoms with Gasteiger partial charge in [0.25, 0.3) is 0 Å². The summed E-state index contributed by atoms with van der Waals surface area (Å²) in [4.78, 5) is 16.1. The predicted molar refractivity (Wildman–Crippen MR) is 141 cm³/mol. The minimum absolute atomic E-state index is 0.0784. The third-order valence-corrected chi connectivity index (χ3v) is 6.33. The molecule has 2 aromatic carbocycles. The molecule has 0 spiro atoms. The van der Waals surface area contributed by atoms with E-state index in [1.807, 2.05) is 63.2 Å². The highest BCUT2D eigenvalue weighted by Gasteiger charge is 2.33. The van der Waals surface area contributed by atoms with Gasteiger partial charge in [-0.25, -0.2) is 9.78 Å². The van der Waals surface area contributed by atoms with Crippen molar-refractivity contribution in [3.05, 3.63) is 83.6 Å². The van der Waals surface area contributed by atoms with Gasteiger partial charge in [0, 0.05) is 30.4 Å². The Balaban J connectivity index is 1.31. The first kappa shape index (κ1) is 26.0. The minimum Gasteiger partial charge on any atom is -0.490 e. The van der Waals surface area contributed by atoms with Crippen molar-refractivity contribution in [1.82, 2.24) is 10.3 Å². The average Bonchev–Trinajstić information content (AvgIpc) is 2.82. The number of carbonyl (C=O) groups excluding carboxylic acids is 1. The van der Waals surface area contributed by atoms with Gasteiger partial charge in [-0.1, -0.05) is 44.2 Å². The van der Waals surface area contributed by atoms with Gasteiger partial charge in [-0.15, -0.1) is 0 Å². The smallest absolute Gasteiger partial charge is 0.407 e. The number of amides is 1. The van der Waals surface area contributed by atoms with Gasteiger partial charge in [-0.2, -0.15) is 5.26 Å². The van der Waals surface area contributed by atoms with Gasteiger partial charge in [0.2, 0.25) is 5.88 Å². The largest absolute Gasteiger partial charge is 0.490 e. The molecule has 0 atom stereocenters. The van der Waals surface area contributed by atoms with Gasteiger partial charge < -0.3 is 19.5 Å². The van der Waals surface area contributed by atoms with Crippen LogP contribution in [-0.4, -0.2) is 28.8 Å². The molecule has 1 aromatic heterocycles. The zero-order valence-corrected chi connectivity index (χ0v) is 21.9. The molecule has 0 bridgehead atoms. The molecule has 1 heterocycles. The molecule has 3 aromatic rings. The fraction of sp³-hybridized carbons (Fsp3) is 0.367. The second-order valence-electron chi connectivity index (χ2n) is 10.8. The quantitative estimate of drug-likeness (QED) is 0.398. The van der Waals surface area contributed by atoms with Crippen molar-refractivity contribution in [3.8, 4) is 23.4 Å². The molecule has 1 fully saturated rings. The molecule has 4 rings (SSSR count). The van der Waals surface area contributed by atoms with Crippen molar-refractivity contribution >= 4 is 6.09 Å². The molecule has 1 aliphatic rings. The summed E-state index contributed by atoms with van der Waals surface area (Å²) in [5.74, 6) is 1.86. The first-order valence-electron chi connectivity index (χ1n) is 12.4. The van der Waals surface area contributed by atoms with Crippen molar-refractivity contribution in [2.75, 3.05) is 0 Å². The van der Waals surface area contributed by atoms with E-state index in [0.717, 1.165) is 29.7 Å². The Morgan fingerprint density at radius 1 is 0.919 bits per heavy atom. The van der Waals surface area contributed by atoms with Crippen LogP contribution in [0.15, 0.2) is 66.7 Å². The minimum atomic E-state index is -0.502. The van der Waals surface area contributed by atoms with Crippen molar-refractivity contribution < 1.29 is 19.0 Å². The third-order valence-electron chi connectivity index (χ3n) is 6.33. The molecule has 0 radical (unpaired) electrons. The second-order valence-corrected chi connectivity index (χ2v) is 10.8. The molecule has 7 heteroatoms. The van der Waals surface area contributed by atoms with E-state index in [2.05, 4.69) is 36.3 Å². The standard InChI is InChI=1S/C30H33N3O4/c1-29(2,3)37-28(34)33-23-17-26(18-23)35-24-13-9-20(10-14-24)30(4,5)21-11-15-25(16-12-21)36-27-8-6-7-22(19-31)32-27/h6-16,23,26H,17-18H2,1-5H3,(H,33,34)/t23-,26-. The number of pyridine rings is 1. The third kappa shape index (κ3) is 6.79. The van der Waals surface area contributed by atoms with Crippen LogP contribution in [0.2, 0.25) is 0 Å². The van der Waals surface area contributed by atoms with Gasteiger partial charge in [-0.3, -0.25) is 0 Å². The lowest BCUT2D eigenvalue weighted by Gasteiger charge is -2.36. The first-order chi connectivity index (χ1) is 17.5. The van der Waals surface area contributed by atoms with Crippen LogP contribution in [0.25, 0.3) is 0 Å². The zero-order chi connectivity index (χ0) is 26.6. The highest BCUT2D eigenvalue weighted by Crippen LogP contribution is 2.35. The molecule has 0 saturated heterocycles. The summed E-state index contributed by atoms with van der Waals surface area (Å²) in [6.07, 6.45) is 1.22. The first-order valence-corrected chi connectivity index (χ1v) is 12.4. The summed E-state index contributed by atoms with van der Waals surface area (Å²) in [5.41, 5.74) is 1.89. The molecule has 192 valence electrons. The Labute approximate surface area is 218 Å². The van der Waals surface area contributed by atoms with Crippen molar-refractivity contribution in [2.45, 2.75) is 70.6 Å². The fourth-order valence-electron chi connectivity index (χ4n) is 4.16. The number of benzene rings is 2. The number of aromatic nitrogens is 1. The Morgan fingerprint density at radius 3 is 2.08 bits per heavy atom. The summed E-state index contributed by atoms with van der Waals surface area (Å²) in [6, 6.07) is 23.3. The summed E-state index contributed by atoms with van der Waals surface area (Å²) in [6.45, 7) is 9.91. The van der Waals surface area contributed by atoms with Crippen LogP contribution in [0.4, 0.5) is 4.79 Å². The lowest BCUT2D eigenvalue weighted by molar-refractivity contribution is 0.0363. The molecule has 1 N–H and O–H groups in total. The SMILES string of the molecule is CC(C)(C)OC(=O)N[C@H]1C[C@H](Oc2ccc(C(C)(C)c3ccc(Oc4cccc(C#N)n4)cc3)cc2)C1. The van der Waals surface area contributed by atoms with Crippen LogP contribution in [0, 0.1) is 11.3 Å². The Kier molecular flexibility index (Phi) is 7.40. The molecule has 1 amide bonds. The van der Waals surface area contributed by atoms with Gasteiger partial charge >= 0.3 is 6.09 Å². The van der Waals surface area contributed by atoms with Crippen molar-refractivity contribution in [2.24, 2.45) is 0 Å². The Bertz CT molecular complexity index is 1270. The molecule has 7 nitrogen and oxygen atoms in total. The summed E-state index contributed by atoms with van der Waals surface area (Å²) in [7, 11) is 0. The van der Waals surface area contributed by atoms with E-state index in [4.69, 9.17) is 19.5 Å². The number of nitriles is 1. The van der Waals surface area contributed by atoms with Gasteiger partial charge in [0.05, 0.1) is 0 Å². The number of ether oxygens (including phenoxy) is 3. The van der Waals surface area contributed by atoms with Crippen molar-refractivity contribution in [3.63, 3.8) is 0 Å². The number of hydrogen-bond donors (Lipinski definition) is 1. The van der Waals surface area contributed by atoms with Gasteiger partial charge in [0.15, 0.2) is 0 Å². The normalized spacial score (nSPS) is 17.2. The maximum atomic E-state index is 11.9. The van der Waals surface area contributed by atoms with Crippen LogP contribution < -0.4 is 14.8 Å². The van der Waals surface area contributed by atoms with Gasteiger partial charge in [-0.05, 0) is 62.2 Å². The topological polar surface area (TPSA) is 93.5 Å². The monoisotopic (exact) mass is 499 g/mol. The molecule has 0 unspecified atom stereocenters. The van der Waals surface area contributed by atoms with Crippen LogP contribution in [0.5, 0.6) is 17.4 Å². The van der Waals surface area contributed by atoms with E-state index in [0.29, 0.717) is 17.3 Å². The number of hydrogen-bond acceptors (Lipinski definition) is 6. The van der Waals surface area contributed by atoms with E-state index in [1.165, 1.54) is 0 Å². The molecular formula is C30H33N3O4. The van der Waals surface area contributed by atoms with E-state index in [-0.39, 0.29) is 23.7 Å². The van der Waals surface area contributed by atoms with Crippen molar-refractivity contribution in [1.29, 1.82) is 5.26 Å². The Morgan fingerprint density at radius 2 is 1.51 bits per heavy atom. The summed E-state index contributed by atoms with van der Waals surface area (Å²) < 4.78 is 17.2. The molecule has 37 heavy (non-hydrogen) atoms. The highest BCUT2D eigenvalue weighted by molar-refractivity contribution is 5.68. The molecule has 0 aliphatic heterocycles. The van der Waals surface area contributed by atoms with E-state index in [9.17, 15) is 4.79 Å². The van der Waals surface area contributed by atoms with Crippen LogP contribution in [-0.2, 0) is 10.2 Å². The average molecular weight is 500 g/mol. The van der Waals surface area contributed by atoms with Crippen LogP contribution in [0.3, 0.4) is 0 Å². The predicted octanol–water partition coefficient (Wildman–Crippen LogP) is 6.51. The zero-order valence-electron chi connectivity index (χ0n) is 21.9.